The van der Waals surface area contributed by atoms with Gasteiger partial charge >= 0.3 is 0 Å². The lowest BCUT2D eigenvalue weighted by molar-refractivity contribution is 0.381. The molecule has 0 aliphatic rings. The van der Waals surface area contributed by atoms with Gasteiger partial charge in [0, 0.05) is 17.6 Å². The van der Waals surface area contributed by atoms with Crippen LogP contribution >= 0.6 is 15.9 Å². The van der Waals surface area contributed by atoms with E-state index < -0.39 is 10.0 Å². The Bertz CT molecular complexity index is 502. The Balaban J connectivity index is 3.22. The molecule has 1 aromatic rings. The van der Waals surface area contributed by atoms with E-state index >= 15 is 0 Å². The van der Waals surface area contributed by atoms with Crippen LogP contribution in [0.25, 0.3) is 0 Å². The van der Waals surface area contributed by atoms with Crippen molar-refractivity contribution in [3.63, 3.8) is 0 Å². The maximum Gasteiger partial charge on any atom is 0.245 e. The van der Waals surface area contributed by atoms with Crippen molar-refractivity contribution in [3.8, 4) is 0 Å². The van der Waals surface area contributed by atoms with E-state index in [2.05, 4.69) is 15.9 Å². The fraction of sp³-hybridized carbons (Fsp3) is 0.455. The molecule has 0 spiro atoms. The highest BCUT2D eigenvalue weighted by Gasteiger charge is 2.26. The van der Waals surface area contributed by atoms with Crippen LogP contribution in [0.15, 0.2) is 27.6 Å². The number of nitrogen functional groups attached to an aromatic ring is 1. The SMILES string of the molecule is CCC(C)N(C)S(=O)(=O)c1ccc(Br)cc1N. The van der Waals surface area contributed by atoms with E-state index in [0.717, 1.165) is 10.9 Å². The predicted molar refractivity (Wildman–Crippen MR) is 73.3 cm³/mol. The van der Waals surface area contributed by atoms with Gasteiger partial charge in [-0.3, -0.25) is 0 Å². The number of nitrogens with two attached hydrogens (primary N) is 1. The second kappa shape index (κ2) is 5.37. The fourth-order valence-corrected chi connectivity index (χ4v) is 3.31. The minimum absolute atomic E-state index is 0.0527. The molecular weight excluding hydrogens is 304 g/mol. The first-order valence-corrected chi connectivity index (χ1v) is 7.57. The first kappa shape index (κ1) is 14.5. The molecule has 0 saturated heterocycles. The number of halogens is 1. The summed E-state index contributed by atoms with van der Waals surface area (Å²) in [5.74, 6) is 0. The molecular formula is C11H17BrN2O2S. The number of rotatable bonds is 4. The zero-order valence-electron chi connectivity index (χ0n) is 10.1. The highest BCUT2D eigenvalue weighted by atomic mass is 79.9. The minimum atomic E-state index is -3.51. The van der Waals surface area contributed by atoms with Gasteiger partial charge in [0.25, 0.3) is 0 Å². The zero-order valence-corrected chi connectivity index (χ0v) is 12.5. The van der Waals surface area contributed by atoms with Crippen LogP contribution in [0.3, 0.4) is 0 Å². The Morgan fingerprint density at radius 2 is 2.06 bits per heavy atom. The maximum atomic E-state index is 12.3. The van der Waals surface area contributed by atoms with Crippen LogP contribution in [-0.2, 0) is 10.0 Å². The molecule has 96 valence electrons. The third-order valence-electron chi connectivity index (χ3n) is 2.84. The number of sulfonamides is 1. The van der Waals surface area contributed by atoms with Crippen LogP contribution in [0.1, 0.15) is 20.3 Å². The largest absolute Gasteiger partial charge is 0.398 e. The van der Waals surface area contributed by atoms with Crippen LogP contribution in [0, 0.1) is 0 Å². The fourth-order valence-electron chi connectivity index (χ4n) is 1.40. The van der Waals surface area contributed by atoms with Gasteiger partial charge in [0.1, 0.15) is 4.90 Å². The molecule has 0 aliphatic heterocycles. The average molecular weight is 321 g/mol. The highest BCUT2D eigenvalue weighted by molar-refractivity contribution is 9.10. The first-order chi connectivity index (χ1) is 7.80. The third kappa shape index (κ3) is 3.00. The molecule has 1 aromatic carbocycles. The molecule has 1 unspecified atom stereocenters. The molecule has 0 fully saturated rings. The summed E-state index contributed by atoms with van der Waals surface area (Å²) in [6.07, 6.45) is 0.756. The lowest BCUT2D eigenvalue weighted by atomic mass is 10.3. The van der Waals surface area contributed by atoms with Gasteiger partial charge < -0.3 is 5.73 Å². The summed E-state index contributed by atoms with van der Waals surface area (Å²) in [7, 11) is -1.94. The normalized spacial score (nSPS) is 13.9. The Hall–Kier alpha value is -0.590. The monoisotopic (exact) mass is 320 g/mol. The van der Waals surface area contributed by atoms with Crippen molar-refractivity contribution in [1.82, 2.24) is 4.31 Å². The summed E-state index contributed by atoms with van der Waals surface area (Å²) in [4.78, 5) is 0.156. The van der Waals surface area contributed by atoms with Crippen LogP contribution in [0.4, 0.5) is 5.69 Å². The van der Waals surface area contributed by atoms with E-state index in [9.17, 15) is 8.42 Å². The summed E-state index contributed by atoms with van der Waals surface area (Å²) < 4.78 is 26.7. The van der Waals surface area contributed by atoms with E-state index in [4.69, 9.17) is 5.73 Å². The smallest absolute Gasteiger partial charge is 0.245 e. The first-order valence-electron chi connectivity index (χ1n) is 5.33. The Morgan fingerprint density at radius 3 is 2.53 bits per heavy atom. The van der Waals surface area contributed by atoms with Gasteiger partial charge in [-0.15, -0.1) is 0 Å². The van der Waals surface area contributed by atoms with Gasteiger partial charge in [-0.05, 0) is 31.5 Å². The topological polar surface area (TPSA) is 63.4 Å². The molecule has 1 atom stereocenters. The second-order valence-electron chi connectivity index (χ2n) is 3.96. The van der Waals surface area contributed by atoms with Crippen molar-refractivity contribution in [3.05, 3.63) is 22.7 Å². The van der Waals surface area contributed by atoms with Crippen LogP contribution in [0.5, 0.6) is 0 Å². The van der Waals surface area contributed by atoms with Crippen molar-refractivity contribution in [2.75, 3.05) is 12.8 Å². The molecule has 0 radical (unpaired) electrons. The van der Waals surface area contributed by atoms with Gasteiger partial charge in [-0.1, -0.05) is 22.9 Å². The third-order valence-corrected chi connectivity index (χ3v) is 5.38. The lowest BCUT2D eigenvalue weighted by Gasteiger charge is -2.23. The van der Waals surface area contributed by atoms with E-state index in [1.807, 2.05) is 13.8 Å². The summed E-state index contributed by atoms with van der Waals surface area (Å²) in [5, 5.41) is 0. The van der Waals surface area contributed by atoms with Crippen molar-refractivity contribution in [2.24, 2.45) is 0 Å². The lowest BCUT2D eigenvalue weighted by Crippen LogP contribution is -2.35. The van der Waals surface area contributed by atoms with Gasteiger partial charge in [-0.25, -0.2) is 8.42 Å². The number of anilines is 1. The quantitative estimate of drug-likeness (QED) is 0.867. The molecule has 4 nitrogen and oxygen atoms in total. The summed E-state index contributed by atoms with van der Waals surface area (Å²) in [6, 6.07) is 4.74. The predicted octanol–water partition coefficient (Wildman–Crippen LogP) is 2.45. The van der Waals surface area contributed by atoms with E-state index in [0.29, 0.717) is 0 Å². The van der Waals surface area contributed by atoms with Crippen LogP contribution < -0.4 is 5.73 Å². The van der Waals surface area contributed by atoms with E-state index in [1.54, 1.807) is 19.2 Å². The van der Waals surface area contributed by atoms with Crippen molar-refractivity contribution < 1.29 is 8.42 Å². The van der Waals surface area contributed by atoms with Gasteiger partial charge in [0.15, 0.2) is 0 Å². The molecule has 0 saturated carbocycles. The summed E-state index contributed by atoms with van der Waals surface area (Å²) in [6.45, 7) is 3.81. The summed E-state index contributed by atoms with van der Waals surface area (Å²) in [5.41, 5.74) is 6.01. The highest BCUT2D eigenvalue weighted by Crippen LogP contribution is 2.26. The molecule has 17 heavy (non-hydrogen) atoms. The molecule has 0 bridgehead atoms. The number of hydrogen-bond donors (Lipinski definition) is 1. The average Bonchev–Trinajstić information content (AvgIpc) is 2.26. The van der Waals surface area contributed by atoms with Crippen molar-refractivity contribution in [2.45, 2.75) is 31.2 Å². The molecule has 2 N–H and O–H groups in total. The minimum Gasteiger partial charge on any atom is -0.398 e. The van der Waals surface area contributed by atoms with Crippen molar-refractivity contribution in [1.29, 1.82) is 0 Å². The number of hydrogen-bond acceptors (Lipinski definition) is 3. The van der Waals surface area contributed by atoms with Gasteiger partial charge in [0.2, 0.25) is 10.0 Å². The second-order valence-corrected chi connectivity index (χ2v) is 6.84. The Labute approximate surface area is 111 Å². The van der Waals surface area contributed by atoms with Gasteiger partial charge in [0.05, 0.1) is 5.69 Å². The zero-order chi connectivity index (χ0) is 13.2. The number of benzene rings is 1. The Morgan fingerprint density at radius 1 is 1.47 bits per heavy atom. The standard InChI is InChI=1S/C11H17BrN2O2S/c1-4-8(2)14(3)17(15,16)11-6-5-9(12)7-10(11)13/h5-8H,4,13H2,1-3H3. The summed E-state index contributed by atoms with van der Waals surface area (Å²) >= 11 is 3.25. The van der Waals surface area contributed by atoms with E-state index in [1.165, 1.54) is 10.4 Å². The van der Waals surface area contributed by atoms with Gasteiger partial charge in [-0.2, -0.15) is 4.31 Å². The molecule has 0 amide bonds. The molecule has 6 heteroatoms. The maximum absolute atomic E-state index is 12.3. The van der Waals surface area contributed by atoms with Crippen LogP contribution in [-0.4, -0.2) is 25.8 Å². The molecule has 0 heterocycles. The number of nitrogens with zero attached hydrogens (tertiary/aromatic N) is 1. The van der Waals surface area contributed by atoms with Crippen molar-refractivity contribution >= 4 is 31.6 Å². The molecule has 0 aliphatic carbocycles. The Kier molecular flexibility index (Phi) is 4.57. The molecule has 0 aromatic heterocycles. The van der Waals surface area contributed by atoms with Crippen LogP contribution in [0.2, 0.25) is 0 Å². The molecule has 1 rings (SSSR count). The van der Waals surface area contributed by atoms with E-state index in [-0.39, 0.29) is 16.6 Å².